The molecule has 1 heterocycles. The van der Waals surface area contributed by atoms with E-state index in [4.69, 9.17) is 0 Å². The van der Waals surface area contributed by atoms with Gasteiger partial charge in [0.1, 0.15) is 0 Å². The molecule has 1 aromatic heterocycles. The van der Waals surface area contributed by atoms with Crippen molar-refractivity contribution in [1.82, 2.24) is 0 Å². The molecule has 3 nitrogen and oxygen atoms in total. The Labute approximate surface area is 106 Å². The lowest BCUT2D eigenvalue weighted by atomic mass is 9.97. The molecule has 0 spiro atoms. The normalized spacial score (nSPS) is 10.1. The highest BCUT2D eigenvalue weighted by molar-refractivity contribution is 6.28. The Hall–Kier alpha value is -2.42. The van der Waals surface area contributed by atoms with Crippen LogP contribution in [0.4, 0.5) is 0 Å². The van der Waals surface area contributed by atoms with Gasteiger partial charge in [0.25, 0.3) is 0 Å². The van der Waals surface area contributed by atoms with Gasteiger partial charge in [-0.2, -0.15) is 4.73 Å². The summed E-state index contributed by atoms with van der Waals surface area (Å²) in [6.45, 7) is 5.47. The first-order valence-electron chi connectivity index (χ1n) is 5.59. The third kappa shape index (κ3) is 2.15. The van der Waals surface area contributed by atoms with Gasteiger partial charge >= 0.3 is 0 Å². The van der Waals surface area contributed by atoms with Crippen LogP contribution in [-0.2, 0) is 0 Å². The van der Waals surface area contributed by atoms with Gasteiger partial charge in [-0.25, -0.2) is 0 Å². The largest absolute Gasteiger partial charge is 0.618 e. The molecule has 1 aromatic carbocycles. The zero-order valence-corrected chi connectivity index (χ0v) is 10.1. The van der Waals surface area contributed by atoms with Crippen LogP contribution in [0, 0.1) is 12.1 Å². The van der Waals surface area contributed by atoms with Crippen molar-refractivity contribution in [1.29, 1.82) is 0 Å². The fourth-order valence-electron chi connectivity index (χ4n) is 1.77. The molecule has 18 heavy (non-hydrogen) atoms. The highest BCUT2D eigenvalue weighted by Crippen LogP contribution is 2.19. The van der Waals surface area contributed by atoms with E-state index in [-0.39, 0.29) is 5.78 Å². The fourth-order valence-corrected chi connectivity index (χ4v) is 1.77. The van der Waals surface area contributed by atoms with E-state index in [1.54, 1.807) is 43.3 Å². The van der Waals surface area contributed by atoms with Crippen LogP contribution in [0.15, 0.2) is 55.2 Å². The number of nitrogens with zero attached hydrogens (tertiary/aromatic N) is 1. The second kappa shape index (κ2) is 4.84. The van der Waals surface area contributed by atoms with Crippen LogP contribution < -0.4 is 4.73 Å². The number of Topliss-reactive ketones (excluding diaryl/α,β-unsaturated/α-hetero) is 1. The molecule has 2 aromatic rings. The summed E-state index contributed by atoms with van der Waals surface area (Å²) in [5.74, 6) is -0.162. The zero-order valence-electron chi connectivity index (χ0n) is 10.1. The minimum atomic E-state index is -0.162. The molecular weight excluding hydrogens is 226 g/mol. The number of pyridine rings is 1. The second-order valence-electron chi connectivity index (χ2n) is 4.01. The molecule has 90 valence electrons. The topological polar surface area (TPSA) is 44.0 Å². The Morgan fingerprint density at radius 3 is 2.50 bits per heavy atom. The maximum absolute atomic E-state index is 12.2. The van der Waals surface area contributed by atoms with Gasteiger partial charge < -0.3 is 5.21 Å². The van der Waals surface area contributed by atoms with Crippen molar-refractivity contribution in [3.63, 3.8) is 0 Å². The molecule has 0 saturated heterocycles. The summed E-state index contributed by atoms with van der Waals surface area (Å²) in [4.78, 5) is 12.2. The van der Waals surface area contributed by atoms with E-state index in [1.807, 2.05) is 6.07 Å². The van der Waals surface area contributed by atoms with Crippen molar-refractivity contribution in [2.24, 2.45) is 0 Å². The number of ketones is 1. The average molecular weight is 239 g/mol. The number of aromatic nitrogens is 1. The van der Waals surface area contributed by atoms with Crippen molar-refractivity contribution in [3.8, 4) is 0 Å². The molecule has 0 unspecified atom stereocenters. The fraction of sp³-hybridized carbons (Fsp3) is 0.0667. The Bertz CT molecular complexity index is 603. The van der Waals surface area contributed by atoms with Crippen LogP contribution in [-0.4, -0.2) is 5.78 Å². The standard InChI is InChI=1S/C15H13NO2/c1-11(14-9-6-10-16(18)12(14)2)15(17)13-7-4-3-5-8-13/h3-10H,1H2,2H3. The van der Waals surface area contributed by atoms with Crippen LogP contribution in [0.5, 0.6) is 0 Å². The summed E-state index contributed by atoms with van der Waals surface area (Å²) in [6, 6.07) is 12.2. The van der Waals surface area contributed by atoms with Gasteiger partial charge in [0.05, 0.1) is 5.56 Å². The SMILES string of the molecule is C=C(C(=O)c1ccccc1)c1ccc[n+]([O-])c1C. The van der Waals surface area contributed by atoms with Gasteiger partial charge in [0, 0.05) is 24.1 Å². The number of carbonyl (C=O) groups excluding carboxylic acids is 1. The predicted molar refractivity (Wildman–Crippen MR) is 69.9 cm³/mol. The summed E-state index contributed by atoms with van der Waals surface area (Å²) in [7, 11) is 0. The Morgan fingerprint density at radius 1 is 1.17 bits per heavy atom. The van der Waals surface area contributed by atoms with Gasteiger partial charge in [0.2, 0.25) is 0 Å². The van der Waals surface area contributed by atoms with E-state index in [0.717, 1.165) is 4.73 Å². The number of rotatable bonds is 3. The summed E-state index contributed by atoms with van der Waals surface area (Å²) in [5.41, 5.74) is 1.97. The molecule has 0 atom stereocenters. The number of hydrogen-bond acceptors (Lipinski definition) is 2. The number of benzene rings is 1. The first kappa shape index (κ1) is 12.0. The average Bonchev–Trinajstić information content (AvgIpc) is 2.41. The van der Waals surface area contributed by atoms with Gasteiger partial charge in [-0.3, -0.25) is 4.79 Å². The van der Waals surface area contributed by atoms with E-state index >= 15 is 0 Å². The number of allylic oxidation sites excluding steroid dienone is 1. The van der Waals surface area contributed by atoms with Crippen molar-refractivity contribution < 1.29 is 9.52 Å². The van der Waals surface area contributed by atoms with E-state index in [9.17, 15) is 10.0 Å². The predicted octanol–water partition coefficient (Wildman–Crippen LogP) is 2.52. The molecule has 0 aliphatic rings. The van der Waals surface area contributed by atoms with Crippen LogP contribution in [0.25, 0.3) is 5.57 Å². The summed E-state index contributed by atoms with van der Waals surface area (Å²) in [6.07, 6.45) is 1.40. The van der Waals surface area contributed by atoms with Gasteiger partial charge in [-0.1, -0.05) is 36.9 Å². The van der Waals surface area contributed by atoms with Crippen LogP contribution in [0.2, 0.25) is 0 Å². The Balaban J connectivity index is 2.38. The van der Waals surface area contributed by atoms with Crippen molar-refractivity contribution in [2.75, 3.05) is 0 Å². The van der Waals surface area contributed by atoms with Crippen molar-refractivity contribution >= 4 is 11.4 Å². The van der Waals surface area contributed by atoms with Gasteiger partial charge in [-0.05, 0) is 6.07 Å². The molecule has 3 heteroatoms. The molecule has 0 radical (unpaired) electrons. The minimum Gasteiger partial charge on any atom is -0.618 e. The highest BCUT2D eigenvalue weighted by atomic mass is 16.5. The van der Waals surface area contributed by atoms with Crippen molar-refractivity contribution in [2.45, 2.75) is 6.92 Å². The van der Waals surface area contributed by atoms with Gasteiger partial charge in [-0.15, -0.1) is 0 Å². The maximum atomic E-state index is 12.2. The first-order valence-corrected chi connectivity index (χ1v) is 5.59. The zero-order chi connectivity index (χ0) is 13.1. The molecule has 2 rings (SSSR count). The highest BCUT2D eigenvalue weighted by Gasteiger charge is 2.17. The van der Waals surface area contributed by atoms with Gasteiger partial charge in [0.15, 0.2) is 17.7 Å². The van der Waals surface area contributed by atoms with Crippen molar-refractivity contribution in [3.05, 3.63) is 77.3 Å². The van der Waals surface area contributed by atoms with E-state index < -0.39 is 0 Å². The molecule has 0 saturated carbocycles. The second-order valence-corrected chi connectivity index (χ2v) is 4.01. The summed E-state index contributed by atoms with van der Waals surface area (Å²) < 4.78 is 0.735. The first-order chi connectivity index (χ1) is 8.61. The van der Waals surface area contributed by atoms with Crippen LogP contribution in [0.3, 0.4) is 0 Å². The maximum Gasteiger partial charge on any atom is 0.197 e. The number of hydrogen-bond donors (Lipinski definition) is 0. The third-order valence-electron chi connectivity index (χ3n) is 2.84. The smallest absolute Gasteiger partial charge is 0.197 e. The molecule has 0 amide bonds. The van der Waals surface area contributed by atoms with Crippen LogP contribution in [0.1, 0.15) is 21.6 Å². The molecule has 0 aliphatic carbocycles. The lowest BCUT2D eigenvalue weighted by Gasteiger charge is -2.08. The summed E-state index contributed by atoms with van der Waals surface area (Å²) in [5, 5.41) is 11.5. The Morgan fingerprint density at radius 2 is 1.83 bits per heavy atom. The van der Waals surface area contributed by atoms with E-state index in [0.29, 0.717) is 22.4 Å². The number of carbonyl (C=O) groups is 1. The molecule has 0 bridgehead atoms. The van der Waals surface area contributed by atoms with E-state index in [2.05, 4.69) is 6.58 Å². The lowest BCUT2D eigenvalue weighted by Crippen LogP contribution is -2.30. The third-order valence-corrected chi connectivity index (χ3v) is 2.84. The molecular formula is C15H13NO2. The molecule has 0 N–H and O–H groups in total. The molecule has 0 aliphatic heterocycles. The lowest BCUT2D eigenvalue weighted by molar-refractivity contribution is -0.612. The summed E-state index contributed by atoms with van der Waals surface area (Å²) >= 11 is 0. The monoisotopic (exact) mass is 239 g/mol. The Kier molecular flexibility index (Phi) is 3.24. The van der Waals surface area contributed by atoms with Crippen LogP contribution >= 0.6 is 0 Å². The van der Waals surface area contributed by atoms with E-state index in [1.165, 1.54) is 6.20 Å². The minimum absolute atomic E-state index is 0.162. The quantitative estimate of drug-likeness (QED) is 0.357. The molecule has 0 fully saturated rings.